The molecule has 1 atom stereocenters. The number of carbonyl (C=O) groups is 1. The van der Waals surface area contributed by atoms with Gasteiger partial charge in [-0.25, -0.2) is 0 Å². The maximum absolute atomic E-state index is 12.0. The molecule has 1 saturated carbocycles. The SMILES string of the molecule is CC1(CNC(=O)[C@@H]2Cc3ccccc3N2)CC1. The van der Waals surface area contributed by atoms with Gasteiger partial charge in [0.05, 0.1) is 0 Å². The van der Waals surface area contributed by atoms with Crippen LogP contribution in [0.4, 0.5) is 5.69 Å². The van der Waals surface area contributed by atoms with E-state index in [0.29, 0.717) is 5.41 Å². The second kappa shape index (κ2) is 3.76. The Hall–Kier alpha value is -1.51. The van der Waals surface area contributed by atoms with Crippen LogP contribution in [0.3, 0.4) is 0 Å². The summed E-state index contributed by atoms with van der Waals surface area (Å²) in [5.74, 6) is 0.134. The average Bonchev–Trinajstić information content (AvgIpc) is 2.92. The Morgan fingerprint density at radius 3 is 2.94 bits per heavy atom. The molecule has 1 aliphatic carbocycles. The van der Waals surface area contributed by atoms with E-state index in [4.69, 9.17) is 0 Å². The normalized spacial score (nSPS) is 23.7. The minimum Gasteiger partial charge on any atom is -0.373 e. The third-order valence-corrected chi connectivity index (χ3v) is 3.88. The van der Waals surface area contributed by atoms with Gasteiger partial charge >= 0.3 is 0 Å². The number of amides is 1. The van der Waals surface area contributed by atoms with Crippen LogP contribution in [0.15, 0.2) is 24.3 Å². The molecule has 2 N–H and O–H groups in total. The highest BCUT2D eigenvalue weighted by atomic mass is 16.2. The van der Waals surface area contributed by atoms with Crippen molar-refractivity contribution in [2.24, 2.45) is 5.41 Å². The summed E-state index contributed by atoms with van der Waals surface area (Å²) in [4.78, 5) is 12.0. The van der Waals surface area contributed by atoms with Gasteiger partial charge in [0.1, 0.15) is 6.04 Å². The van der Waals surface area contributed by atoms with E-state index in [1.54, 1.807) is 0 Å². The molecule has 90 valence electrons. The van der Waals surface area contributed by atoms with Crippen molar-refractivity contribution in [3.63, 3.8) is 0 Å². The molecule has 3 rings (SSSR count). The smallest absolute Gasteiger partial charge is 0.242 e. The Bertz CT molecular complexity index is 426. The topological polar surface area (TPSA) is 41.1 Å². The van der Waals surface area contributed by atoms with Gasteiger partial charge in [0.25, 0.3) is 0 Å². The highest BCUT2D eigenvalue weighted by molar-refractivity contribution is 5.87. The Morgan fingerprint density at radius 1 is 1.47 bits per heavy atom. The number of anilines is 1. The van der Waals surface area contributed by atoms with Gasteiger partial charge in [0.15, 0.2) is 0 Å². The second-order valence-electron chi connectivity index (χ2n) is 5.59. The average molecular weight is 230 g/mol. The van der Waals surface area contributed by atoms with E-state index in [2.05, 4.69) is 23.6 Å². The lowest BCUT2D eigenvalue weighted by Gasteiger charge is -2.14. The van der Waals surface area contributed by atoms with Crippen LogP contribution in [0.2, 0.25) is 0 Å². The van der Waals surface area contributed by atoms with Crippen LogP contribution < -0.4 is 10.6 Å². The summed E-state index contributed by atoms with van der Waals surface area (Å²) < 4.78 is 0. The Morgan fingerprint density at radius 2 is 2.24 bits per heavy atom. The van der Waals surface area contributed by atoms with E-state index < -0.39 is 0 Å². The highest BCUT2D eigenvalue weighted by Gasteiger charge is 2.38. The predicted octanol–water partition coefficient (Wildman–Crippen LogP) is 1.94. The first kappa shape index (κ1) is 10.6. The number of hydrogen-bond acceptors (Lipinski definition) is 2. The minimum absolute atomic E-state index is 0.0882. The molecule has 17 heavy (non-hydrogen) atoms. The van der Waals surface area contributed by atoms with Gasteiger partial charge in [-0.05, 0) is 29.9 Å². The van der Waals surface area contributed by atoms with Crippen LogP contribution in [0.25, 0.3) is 0 Å². The van der Waals surface area contributed by atoms with Crippen molar-refractivity contribution in [3.05, 3.63) is 29.8 Å². The molecule has 1 aromatic carbocycles. The van der Waals surface area contributed by atoms with Gasteiger partial charge in [0.2, 0.25) is 5.91 Å². The van der Waals surface area contributed by atoms with E-state index in [1.165, 1.54) is 18.4 Å². The van der Waals surface area contributed by atoms with Crippen molar-refractivity contribution in [1.82, 2.24) is 5.32 Å². The standard InChI is InChI=1S/C14H18N2O/c1-14(6-7-14)9-15-13(17)12-8-10-4-2-3-5-11(10)16-12/h2-5,12,16H,6-9H2,1H3,(H,15,17)/t12-/m0/s1. The zero-order chi connectivity index (χ0) is 11.9. The first-order valence-electron chi connectivity index (χ1n) is 6.28. The third kappa shape index (κ3) is 2.14. The maximum Gasteiger partial charge on any atom is 0.242 e. The van der Waals surface area contributed by atoms with Crippen LogP contribution in [-0.2, 0) is 11.2 Å². The van der Waals surface area contributed by atoms with Crippen molar-refractivity contribution >= 4 is 11.6 Å². The monoisotopic (exact) mass is 230 g/mol. The van der Waals surface area contributed by atoms with Gasteiger partial charge in [0, 0.05) is 18.7 Å². The van der Waals surface area contributed by atoms with E-state index in [0.717, 1.165) is 18.7 Å². The quantitative estimate of drug-likeness (QED) is 0.833. The molecule has 1 aliphatic heterocycles. The van der Waals surface area contributed by atoms with Gasteiger partial charge in [-0.15, -0.1) is 0 Å². The molecule has 3 nitrogen and oxygen atoms in total. The van der Waals surface area contributed by atoms with E-state index in [1.807, 2.05) is 18.2 Å². The molecule has 1 heterocycles. The molecule has 1 amide bonds. The summed E-state index contributed by atoms with van der Waals surface area (Å²) in [5.41, 5.74) is 2.72. The molecule has 0 unspecified atom stereocenters. The Labute approximate surface area is 102 Å². The fourth-order valence-corrected chi connectivity index (χ4v) is 2.27. The summed E-state index contributed by atoms with van der Waals surface area (Å²) in [6.07, 6.45) is 3.29. The molecule has 1 fully saturated rings. The van der Waals surface area contributed by atoms with Crippen LogP contribution >= 0.6 is 0 Å². The summed E-state index contributed by atoms with van der Waals surface area (Å²) in [7, 11) is 0. The Kier molecular flexibility index (Phi) is 2.35. The molecule has 2 aliphatic rings. The first-order chi connectivity index (χ1) is 8.16. The Balaban J connectivity index is 1.58. The molecule has 0 bridgehead atoms. The van der Waals surface area contributed by atoms with Crippen molar-refractivity contribution in [2.75, 3.05) is 11.9 Å². The highest BCUT2D eigenvalue weighted by Crippen LogP contribution is 2.44. The maximum atomic E-state index is 12.0. The first-order valence-corrected chi connectivity index (χ1v) is 6.28. The fourth-order valence-electron chi connectivity index (χ4n) is 2.27. The molecule has 1 aromatic rings. The number of fused-ring (bicyclic) bond motifs is 1. The number of carbonyl (C=O) groups excluding carboxylic acids is 1. The van der Waals surface area contributed by atoms with Crippen LogP contribution in [0.1, 0.15) is 25.3 Å². The number of hydrogen-bond donors (Lipinski definition) is 2. The lowest BCUT2D eigenvalue weighted by molar-refractivity contribution is -0.121. The van der Waals surface area contributed by atoms with E-state index in [-0.39, 0.29) is 11.9 Å². The molecular formula is C14H18N2O. The molecule has 3 heteroatoms. The van der Waals surface area contributed by atoms with Gasteiger partial charge in [-0.2, -0.15) is 0 Å². The fraction of sp³-hybridized carbons (Fsp3) is 0.500. The number of nitrogens with one attached hydrogen (secondary N) is 2. The van der Waals surface area contributed by atoms with Crippen molar-refractivity contribution < 1.29 is 4.79 Å². The van der Waals surface area contributed by atoms with E-state index >= 15 is 0 Å². The molecule has 0 spiro atoms. The van der Waals surface area contributed by atoms with Crippen LogP contribution in [0.5, 0.6) is 0 Å². The summed E-state index contributed by atoms with van der Waals surface area (Å²) in [6, 6.07) is 8.04. The summed E-state index contributed by atoms with van der Waals surface area (Å²) in [5, 5.41) is 6.34. The predicted molar refractivity (Wildman–Crippen MR) is 67.9 cm³/mol. The van der Waals surface area contributed by atoms with Gasteiger partial charge in [-0.1, -0.05) is 25.1 Å². The number of para-hydroxylation sites is 1. The number of benzene rings is 1. The zero-order valence-corrected chi connectivity index (χ0v) is 10.1. The number of rotatable bonds is 3. The lowest BCUT2D eigenvalue weighted by Crippen LogP contribution is -2.40. The molecular weight excluding hydrogens is 212 g/mol. The van der Waals surface area contributed by atoms with Crippen LogP contribution in [-0.4, -0.2) is 18.5 Å². The minimum atomic E-state index is -0.0882. The van der Waals surface area contributed by atoms with Crippen LogP contribution in [0, 0.1) is 5.41 Å². The van der Waals surface area contributed by atoms with Gasteiger partial charge < -0.3 is 10.6 Å². The van der Waals surface area contributed by atoms with Crippen molar-refractivity contribution in [1.29, 1.82) is 0 Å². The third-order valence-electron chi connectivity index (χ3n) is 3.88. The summed E-state index contributed by atoms with van der Waals surface area (Å²) in [6.45, 7) is 3.05. The molecule has 0 aromatic heterocycles. The zero-order valence-electron chi connectivity index (χ0n) is 10.1. The second-order valence-corrected chi connectivity index (χ2v) is 5.59. The molecule has 0 radical (unpaired) electrons. The lowest BCUT2D eigenvalue weighted by atomic mass is 10.1. The van der Waals surface area contributed by atoms with Crippen molar-refractivity contribution in [2.45, 2.75) is 32.2 Å². The molecule has 0 saturated heterocycles. The van der Waals surface area contributed by atoms with E-state index in [9.17, 15) is 4.79 Å². The van der Waals surface area contributed by atoms with Gasteiger partial charge in [-0.3, -0.25) is 4.79 Å². The van der Waals surface area contributed by atoms with Crippen molar-refractivity contribution in [3.8, 4) is 0 Å². The largest absolute Gasteiger partial charge is 0.373 e. The summed E-state index contributed by atoms with van der Waals surface area (Å²) >= 11 is 0.